The van der Waals surface area contributed by atoms with E-state index in [-0.39, 0.29) is 6.61 Å². The van der Waals surface area contributed by atoms with Gasteiger partial charge in [0.05, 0.1) is 18.7 Å². The van der Waals surface area contributed by atoms with Gasteiger partial charge in [-0.25, -0.2) is 0 Å². The standard InChI is InChI=1S/C18H19NO2/c1-18(13-20,15-8-3-2-4-9-15)19-12-16-11-14-7-5-6-10-17(14)21-16/h2-11,19-20H,12-13H2,1H3. The van der Waals surface area contributed by atoms with E-state index in [1.807, 2.05) is 67.6 Å². The molecule has 1 unspecified atom stereocenters. The van der Waals surface area contributed by atoms with Crippen LogP contribution in [0.25, 0.3) is 11.0 Å². The van der Waals surface area contributed by atoms with E-state index in [9.17, 15) is 5.11 Å². The van der Waals surface area contributed by atoms with E-state index in [0.29, 0.717) is 6.54 Å². The number of aliphatic hydroxyl groups is 1. The summed E-state index contributed by atoms with van der Waals surface area (Å²) in [5.74, 6) is 0.867. The number of fused-ring (bicyclic) bond motifs is 1. The maximum absolute atomic E-state index is 9.76. The molecule has 2 N–H and O–H groups in total. The van der Waals surface area contributed by atoms with Crippen molar-refractivity contribution in [2.45, 2.75) is 19.0 Å². The molecule has 0 saturated heterocycles. The van der Waals surface area contributed by atoms with Gasteiger partial charge in [-0.1, -0.05) is 48.5 Å². The number of hydrogen-bond acceptors (Lipinski definition) is 3. The molecule has 1 aromatic heterocycles. The van der Waals surface area contributed by atoms with E-state index >= 15 is 0 Å². The highest BCUT2D eigenvalue weighted by Gasteiger charge is 2.25. The third-order valence-corrected chi connectivity index (χ3v) is 3.86. The van der Waals surface area contributed by atoms with E-state index in [0.717, 1.165) is 22.3 Å². The Hall–Kier alpha value is -2.10. The van der Waals surface area contributed by atoms with Crippen molar-refractivity contribution in [1.29, 1.82) is 0 Å². The van der Waals surface area contributed by atoms with Gasteiger partial charge in [0.2, 0.25) is 0 Å². The maximum atomic E-state index is 9.76. The van der Waals surface area contributed by atoms with Crippen LogP contribution >= 0.6 is 0 Å². The molecule has 2 aromatic carbocycles. The first kappa shape index (κ1) is 13.9. The predicted octanol–water partition coefficient (Wildman–Crippen LogP) is 3.43. The number of nitrogens with one attached hydrogen (secondary N) is 1. The van der Waals surface area contributed by atoms with Gasteiger partial charge >= 0.3 is 0 Å². The lowest BCUT2D eigenvalue weighted by Gasteiger charge is -2.29. The molecule has 0 aliphatic heterocycles. The van der Waals surface area contributed by atoms with Gasteiger partial charge in [-0.05, 0) is 24.6 Å². The molecular formula is C18H19NO2. The van der Waals surface area contributed by atoms with Gasteiger partial charge in [-0.15, -0.1) is 0 Å². The Bertz CT molecular complexity index is 687. The molecule has 3 aromatic rings. The summed E-state index contributed by atoms with van der Waals surface area (Å²) in [5, 5.41) is 14.3. The normalized spacial score (nSPS) is 14.2. The largest absolute Gasteiger partial charge is 0.460 e. The van der Waals surface area contributed by atoms with Crippen molar-refractivity contribution in [3.8, 4) is 0 Å². The van der Waals surface area contributed by atoms with Crippen LogP contribution in [0.5, 0.6) is 0 Å². The van der Waals surface area contributed by atoms with E-state index in [4.69, 9.17) is 4.42 Å². The van der Waals surface area contributed by atoms with E-state index in [1.165, 1.54) is 0 Å². The van der Waals surface area contributed by atoms with E-state index in [1.54, 1.807) is 0 Å². The van der Waals surface area contributed by atoms with Gasteiger partial charge in [0.25, 0.3) is 0 Å². The summed E-state index contributed by atoms with van der Waals surface area (Å²) in [6, 6.07) is 19.9. The molecule has 0 saturated carbocycles. The first-order valence-electron chi connectivity index (χ1n) is 7.10. The SMILES string of the molecule is CC(CO)(NCc1cc2ccccc2o1)c1ccccc1. The zero-order valence-electron chi connectivity index (χ0n) is 12.0. The van der Waals surface area contributed by atoms with Gasteiger partial charge < -0.3 is 9.52 Å². The quantitative estimate of drug-likeness (QED) is 0.753. The number of furan rings is 1. The molecule has 0 aliphatic carbocycles. The van der Waals surface area contributed by atoms with Gasteiger partial charge in [0, 0.05) is 5.39 Å². The average molecular weight is 281 g/mol. The summed E-state index contributed by atoms with van der Waals surface area (Å²) in [5.41, 5.74) is 1.46. The minimum absolute atomic E-state index is 0.0250. The molecule has 1 heterocycles. The Morgan fingerprint density at radius 2 is 1.76 bits per heavy atom. The molecule has 3 rings (SSSR count). The van der Waals surface area contributed by atoms with Crippen LogP contribution in [0, 0.1) is 0 Å². The summed E-state index contributed by atoms with van der Waals surface area (Å²) in [4.78, 5) is 0. The van der Waals surface area contributed by atoms with Crippen molar-refractivity contribution in [3.05, 3.63) is 72.0 Å². The van der Waals surface area contributed by atoms with Crippen molar-refractivity contribution < 1.29 is 9.52 Å². The van der Waals surface area contributed by atoms with E-state index < -0.39 is 5.54 Å². The summed E-state index contributed by atoms with van der Waals surface area (Å²) in [6.45, 7) is 2.59. The first-order chi connectivity index (χ1) is 10.2. The fraction of sp³-hybridized carbons (Fsp3) is 0.222. The van der Waals surface area contributed by atoms with E-state index in [2.05, 4.69) is 5.32 Å². The summed E-state index contributed by atoms with van der Waals surface area (Å²) < 4.78 is 5.80. The van der Waals surface area contributed by atoms with Crippen LogP contribution in [0.4, 0.5) is 0 Å². The van der Waals surface area contributed by atoms with Crippen LogP contribution < -0.4 is 5.32 Å². The zero-order valence-corrected chi connectivity index (χ0v) is 12.0. The summed E-state index contributed by atoms with van der Waals surface area (Å²) in [6.07, 6.45) is 0. The predicted molar refractivity (Wildman–Crippen MR) is 83.9 cm³/mol. The van der Waals surface area contributed by atoms with Crippen LogP contribution in [-0.4, -0.2) is 11.7 Å². The molecule has 3 heteroatoms. The third kappa shape index (κ3) is 2.84. The highest BCUT2D eigenvalue weighted by atomic mass is 16.3. The lowest BCUT2D eigenvalue weighted by molar-refractivity contribution is 0.171. The Morgan fingerprint density at radius 1 is 1.05 bits per heavy atom. The molecule has 0 amide bonds. The van der Waals surface area contributed by atoms with Crippen molar-refractivity contribution in [2.75, 3.05) is 6.61 Å². The number of rotatable bonds is 5. The minimum atomic E-state index is -0.486. The van der Waals surface area contributed by atoms with Crippen molar-refractivity contribution >= 4 is 11.0 Å². The maximum Gasteiger partial charge on any atom is 0.134 e. The van der Waals surface area contributed by atoms with Crippen LogP contribution in [0.1, 0.15) is 18.2 Å². The number of aliphatic hydroxyl groups excluding tert-OH is 1. The van der Waals surface area contributed by atoms with Crippen LogP contribution in [0.3, 0.4) is 0 Å². The minimum Gasteiger partial charge on any atom is -0.460 e. The fourth-order valence-corrected chi connectivity index (χ4v) is 2.46. The van der Waals surface area contributed by atoms with Crippen molar-refractivity contribution in [3.63, 3.8) is 0 Å². The lowest BCUT2D eigenvalue weighted by atomic mass is 9.93. The van der Waals surface area contributed by atoms with Gasteiger partial charge in [-0.2, -0.15) is 0 Å². The molecule has 0 fully saturated rings. The zero-order chi connectivity index (χ0) is 14.7. The fourth-order valence-electron chi connectivity index (χ4n) is 2.46. The molecule has 0 bridgehead atoms. The Balaban J connectivity index is 1.78. The third-order valence-electron chi connectivity index (χ3n) is 3.86. The van der Waals surface area contributed by atoms with Gasteiger partial charge in [0.15, 0.2) is 0 Å². The number of hydrogen-bond donors (Lipinski definition) is 2. The molecule has 0 radical (unpaired) electrons. The number of para-hydroxylation sites is 1. The van der Waals surface area contributed by atoms with Crippen LogP contribution in [-0.2, 0) is 12.1 Å². The van der Waals surface area contributed by atoms with Crippen LogP contribution in [0.2, 0.25) is 0 Å². The lowest BCUT2D eigenvalue weighted by Crippen LogP contribution is -2.42. The molecule has 3 nitrogen and oxygen atoms in total. The van der Waals surface area contributed by atoms with Gasteiger partial charge in [0.1, 0.15) is 11.3 Å². The highest BCUT2D eigenvalue weighted by Crippen LogP contribution is 2.23. The monoisotopic (exact) mass is 281 g/mol. The van der Waals surface area contributed by atoms with Crippen LogP contribution in [0.15, 0.2) is 65.1 Å². The molecule has 0 aliphatic rings. The summed E-state index contributed by atoms with van der Waals surface area (Å²) in [7, 11) is 0. The molecule has 21 heavy (non-hydrogen) atoms. The molecular weight excluding hydrogens is 262 g/mol. The second-order valence-corrected chi connectivity index (χ2v) is 5.46. The number of benzene rings is 2. The summed E-state index contributed by atoms with van der Waals surface area (Å²) >= 11 is 0. The Labute approximate surface area is 124 Å². The molecule has 0 spiro atoms. The Morgan fingerprint density at radius 3 is 2.48 bits per heavy atom. The average Bonchev–Trinajstić information content (AvgIpc) is 2.96. The van der Waals surface area contributed by atoms with Crippen molar-refractivity contribution in [2.24, 2.45) is 0 Å². The smallest absolute Gasteiger partial charge is 0.134 e. The molecule has 1 atom stereocenters. The van der Waals surface area contributed by atoms with Gasteiger partial charge in [-0.3, -0.25) is 5.32 Å². The highest BCUT2D eigenvalue weighted by molar-refractivity contribution is 5.77. The topological polar surface area (TPSA) is 45.4 Å². The second kappa shape index (κ2) is 5.72. The second-order valence-electron chi connectivity index (χ2n) is 5.46. The molecule has 108 valence electrons. The first-order valence-corrected chi connectivity index (χ1v) is 7.10. The Kier molecular flexibility index (Phi) is 3.78. The van der Waals surface area contributed by atoms with Crippen molar-refractivity contribution in [1.82, 2.24) is 5.32 Å².